The molecule has 24 heavy (non-hydrogen) atoms. The molecule has 0 bridgehead atoms. The molecule has 0 aromatic heterocycles. The molecule has 0 aliphatic carbocycles. The van der Waals surface area contributed by atoms with E-state index in [4.69, 9.17) is 18.9 Å². The number of aryl methyl sites for hydroxylation is 2. The van der Waals surface area contributed by atoms with Gasteiger partial charge in [-0.15, -0.1) is 0 Å². The van der Waals surface area contributed by atoms with E-state index in [1.54, 1.807) is 0 Å². The molecule has 2 aliphatic rings. The van der Waals surface area contributed by atoms with Gasteiger partial charge in [-0.25, -0.2) is 0 Å². The van der Waals surface area contributed by atoms with Crippen LogP contribution in [-0.2, 0) is 25.6 Å². The first-order chi connectivity index (χ1) is 11.4. The second kappa shape index (κ2) is 6.75. The minimum atomic E-state index is -0.603. The van der Waals surface area contributed by atoms with Gasteiger partial charge in [0.2, 0.25) is 0 Å². The molecule has 1 aromatic carbocycles. The summed E-state index contributed by atoms with van der Waals surface area (Å²) >= 11 is 0. The molecule has 5 atom stereocenters. The highest BCUT2D eigenvalue weighted by Gasteiger charge is 2.57. The Morgan fingerprint density at radius 1 is 1.17 bits per heavy atom. The van der Waals surface area contributed by atoms with E-state index in [9.17, 15) is 0 Å². The zero-order valence-electron chi connectivity index (χ0n) is 15.7. The van der Waals surface area contributed by atoms with Gasteiger partial charge in [0.1, 0.15) is 12.2 Å². The summed E-state index contributed by atoms with van der Waals surface area (Å²) < 4.78 is 24.7. The number of hydrogen-bond acceptors (Lipinski definition) is 4. The monoisotopic (exact) mass is 334 g/mol. The van der Waals surface area contributed by atoms with Crippen molar-refractivity contribution in [2.75, 3.05) is 0 Å². The fraction of sp³-hybridized carbons (Fsp3) is 0.700. The lowest BCUT2D eigenvalue weighted by atomic mass is 10.0. The smallest absolute Gasteiger partial charge is 0.190 e. The summed E-state index contributed by atoms with van der Waals surface area (Å²) in [4.78, 5) is 0. The topological polar surface area (TPSA) is 36.9 Å². The Labute approximate surface area is 145 Å². The van der Waals surface area contributed by atoms with Crippen molar-refractivity contribution in [3.63, 3.8) is 0 Å². The van der Waals surface area contributed by atoms with E-state index < -0.39 is 5.79 Å². The molecule has 4 heteroatoms. The van der Waals surface area contributed by atoms with Crippen LogP contribution in [0.4, 0.5) is 0 Å². The van der Waals surface area contributed by atoms with Crippen LogP contribution in [0.1, 0.15) is 50.8 Å². The highest BCUT2D eigenvalue weighted by molar-refractivity contribution is 5.32. The second-order valence-corrected chi connectivity index (χ2v) is 7.47. The molecule has 3 rings (SSSR count). The minimum Gasteiger partial charge on any atom is -0.368 e. The third-order valence-corrected chi connectivity index (χ3v) is 5.50. The summed E-state index contributed by atoms with van der Waals surface area (Å²) in [6, 6.07) is 6.34. The third-order valence-electron chi connectivity index (χ3n) is 5.50. The zero-order chi connectivity index (χ0) is 17.5. The second-order valence-electron chi connectivity index (χ2n) is 7.47. The van der Waals surface area contributed by atoms with Crippen LogP contribution in [-0.4, -0.2) is 30.4 Å². The lowest BCUT2D eigenvalue weighted by molar-refractivity contribution is -0.247. The quantitative estimate of drug-likeness (QED) is 0.812. The molecule has 2 saturated heterocycles. The van der Waals surface area contributed by atoms with Gasteiger partial charge in [0.25, 0.3) is 0 Å². The van der Waals surface area contributed by atoms with E-state index in [1.807, 2.05) is 6.92 Å². The maximum Gasteiger partial charge on any atom is 0.190 e. The lowest BCUT2D eigenvalue weighted by Crippen LogP contribution is -2.39. The molecular formula is C20H30O4. The number of fused-ring (bicyclic) bond motifs is 1. The number of benzene rings is 1. The number of rotatable bonds is 5. The minimum absolute atomic E-state index is 0.0148. The van der Waals surface area contributed by atoms with Crippen LogP contribution in [0.25, 0.3) is 0 Å². The largest absolute Gasteiger partial charge is 0.368 e. The van der Waals surface area contributed by atoms with Crippen LogP contribution in [0.3, 0.4) is 0 Å². The van der Waals surface area contributed by atoms with Gasteiger partial charge in [0.05, 0.1) is 12.7 Å². The van der Waals surface area contributed by atoms with Crippen molar-refractivity contribution >= 4 is 0 Å². The molecule has 2 aliphatic heterocycles. The normalized spacial score (nSPS) is 35.6. The molecule has 2 heterocycles. The van der Waals surface area contributed by atoms with Crippen LogP contribution < -0.4 is 0 Å². The molecule has 134 valence electrons. The first-order valence-electron chi connectivity index (χ1n) is 9.03. The molecule has 0 saturated carbocycles. The Bertz CT molecular complexity index is 565. The van der Waals surface area contributed by atoms with Crippen molar-refractivity contribution in [2.45, 2.75) is 85.0 Å². The van der Waals surface area contributed by atoms with Crippen molar-refractivity contribution in [3.8, 4) is 0 Å². The first kappa shape index (κ1) is 17.9. The highest BCUT2D eigenvalue weighted by atomic mass is 16.8. The van der Waals surface area contributed by atoms with Crippen molar-refractivity contribution in [3.05, 3.63) is 34.9 Å². The van der Waals surface area contributed by atoms with E-state index in [1.165, 1.54) is 16.7 Å². The van der Waals surface area contributed by atoms with Crippen molar-refractivity contribution < 1.29 is 18.9 Å². The summed E-state index contributed by atoms with van der Waals surface area (Å²) in [5.74, 6) is -0.347. The van der Waals surface area contributed by atoms with Crippen LogP contribution in [0.2, 0.25) is 0 Å². The lowest BCUT2D eigenvalue weighted by Gasteiger charge is -2.31. The van der Waals surface area contributed by atoms with Gasteiger partial charge in [0.15, 0.2) is 12.1 Å². The van der Waals surface area contributed by atoms with Crippen LogP contribution in [0, 0.1) is 19.8 Å². The van der Waals surface area contributed by atoms with Gasteiger partial charge in [-0.3, -0.25) is 0 Å². The molecule has 0 N–H and O–H groups in total. The van der Waals surface area contributed by atoms with Crippen LogP contribution in [0.5, 0.6) is 0 Å². The predicted molar refractivity (Wildman–Crippen MR) is 92.6 cm³/mol. The fourth-order valence-electron chi connectivity index (χ4n) is 3.50. The van der Waals surface area contributed by atoms with Gasteiger partial charge in [-0.05, 0) is 43.9 Å². The van der Waals surface area contributed by atoms with Gasteiger partial charge in [-0.1, -0.05) is 39.0 Å². The summed E-state index contributed by atoms with van der Waals surface area (Å²) in [6.45, 7) is 13.1. The molecule has 0 radical (unpaired) electrons. The Hall–Kier alpha value is -0.940. The van der Waals surface area contributed by atoms with Gasteiger partial charge < -0.3 is 18.9 Å². The number of hydrogen-bond donors (Lipinski definition) is 0. The summed E-state index contributed by atoms with van der Waals surface area (Å²) in [7, 11) is 0. The van der Waals surface area contributed by atoms with E-state index in [0.717, 1.165) is 6.42 Å². The summed E-state index contributed by atoms with van der Waals surface area (Å²) in [5, 5.41) is 0. The van der Waals surface area contributed by atoms with E-state index in [2.05, 4.69) is 52.8 Å². The Morgan fingerprint density at radius 3 is 2.42 bits per heavy atom. The maximum atomic E-state index is 6.31. The van der Waals surface area contributed by atoms with E-state index in [-0.39, 0.29) is 30.5 Å². The average Bonchev–Trinajstić information content (AvgIpc) is 3.01. The molecular weight excluding hydrogens is 304 g/mol. The molecule has 1 unspecified atom stereocenters. The predicted octanol–water partition coefficient (Wildman–Crippen LogP) is 4.11. The maximum absolute atomic E-state index is 6.31. The fourth-order valence-corrected chi connectivity index (χ4v) is 3.50. The summed E-state index contributed by atoms with van der Waals surface area (Å²) in [6.07, 6.45) is 0.313. The van der Waals surface area contributed by atoms with Gasteiger partial charge in [0, 0.05) is 5.92 Å². The van der Waals surface area contributed by atoms with Crippen molar-refractivity contribution in [2.24, 2.45) is 5.92 Å². The molecule has 2 fully saturated rings. The zero-order valence-corrected chi connectivity index (χ0v) is 15.7. The summed E-state index contributed by atoms with van der Waals surface area (Å²) in [5.41, 5.74) is 3.77. The number of ether oxygens (including phenoxy) is 4. The van der Waals surface area contributed by atoms with Crippen molar-refractivity contribution in [1.29, 1.82) is 0 Å². The first-order valence-corrected chi connectivity index (χ1v) is 9.03. The van der Waals surface area contributed by atoms with Gasteiger partial charge in [-0.2, -0.15) is 0 Å². The molecule has 1 aromatic rings. The molecule has 0 amide bonds. The van der Waals surface area contributed by atoms with Crippen LogP contribution in [0.15, 0.2) is 18.2 Å². The highest BCUT2D eigenvalue weighted by Crippen LogP contribution is 2.43. The third kappa shape index (κ3) is 3.13. The molecule has 0 spiro atoms. The van der Waals surface area contributed by atoms with Crippen molar-refractivity contribution in [1.82, 2.24) is 0 Å². The SMILES string of the molecule is CC[C@H]1O[C@@H]2OC(C)(C(C)C)O[C@@H]2[C@H]1OCc1c(C)cccc1C. The Balaban J connectivity index is 1.74. The van der Waals surface area contributed by atoms with E-state index >= 15 is 0 Å². The van der Waals surface area contributed by atoms with E-state index in [0.29, 0.717) is 6.61 Å². The average molecular weight is 334 g/mol. The Kier molecular flexibility index (Phi) is 5.03. The molecule has 4 nitrogen and oxygen atoms in total. The van der Waals surface area contributed by atoms with Crippen LogP contribution >= 0.6 is 0 Å². The Morgan fingerprint density at radius 2 is 1.83 bits per heavy atom. The van der Waals surface area contributed by atoms with Gasteiger partial charge >= 0.3 is 0 Å². The standard InChI is InChI=1S/C20H30O4/c1-7-16-17(21-11-15-13(4)9-8-10-14(15)5)18-19(22-16)24-20(6,23-18)12(2)3/h8-10,12,16-19H,7,11H2,1-6H3/t16-,17+,18-,19-,20?/m1/s1.